The van der Waals surface area contributed by atoms with Crippen LogP contribution in [0.15, 0.2) is 65.1 Å². The van der Waals surface area contributed by atoms with E-state index in [0.29, 0.717) is 47.1 Å². The molecule has 0 atom stereocenters. The summed E-state index contributed by atoms with van der Waals surface area (Å²) in [5, 5.41) is 6.20. The second-order valence-electron chi connectivity index (χ2n) is 7.61. The van der Waals surface area contributed by atoms with Crippen molar-refractivity contribution in [3.05, 3.63) is 72.0 Å². The van der Waals surface area contributed by atoms with E-state index in [4.69, 9.17) is 23.4 Å². The summed E-state index contributed by atoms with van der Waals surface area (Å²) in [6.45, 7) is 0.900. The molecule has 2 heterocycles. The highest BCUT2D eigenvalue weighted by Crippen LogP contribution is 2.36. The fraction of sp³-hybridized carbons (Fsp3) is 0.154. The van der Waals surface area contributed by atoms with Crippen LogP contribution >= 0.6 is 0 Å². The number of nitrogens with one attached hydrogen (secondary N) is 2. The Hall–Kier alpha value is -4.66. The number of carbonyl (C=O) groups excluding carboxylic acids is 2. The average molecular weight is 474 g/mol. The van der Waals surface area contributed by atoms with Crippen LogP contribution < -0.4 is 29.6 Å². The third-order valence-corrected chi connectivity index (χ3v) is 5.49. The monoisotopic (exact) mass is 474 g/mol. The van der Waals surface area contributed by atoms with Crippen molar-refractivity contribution in [2.45, 2.75) is 0 Å². The highest BCUT2D eigenvalue weighted by atomic mass is 16.6. The predicted molar refractivity (Wildman–Crippen MR) is 129 cm³/mol. The molecule has 3 aromatic carbocycles. The van der Waals surface area contributed by atoms with E-state index < -0.39 is 11.8 Å². The number of hydrogen-bond acceptors (Lipinski definition) is 7. The minimum absolute atomic E-state index is 0.0451. The van der Waals surface area contributed by atoms with Crippen LogP contribution in [0.1, 0.15) is 20.9 Å². The van der Waals surface area contributed by atoms with E-state index in [2.05, 4.69) is 10.6 Å². The van der Waals surface area contributed by atoms with Crippen molar-refractivity contribution < 1.29 is 33.0 Å². The molecule has 0 saturated heterocycles. The van der Waals surface area contributed by atoms with Crippen LogP contribution in [-0.2, 0) is 0 Å². The van der Waals surface area contributed by atoms with Gasteiger partial charge in [-0.1, -0.05) is 18.2 Å². The summed E-state index contributed by atoms with van der Waals surface area (Å²) in [5.74, 6) is 0.773. The molecule has 0 saturated carbocycles. The second-order valence-corrected chi connectivity index (χ2v) is 7.61. The van der Waals surface area contributed by atoms with Gasteiger partial charge in [0.25, 0.3) is 11.8 Å². The third-order valence-electron chi connectivity index (χ3n) is 5.49. The molecular formula is C26H22N2O7. The van der Waals surface area contributed by atoms with Crippen LogP contribution in [0.3, 0.4) is 0 Å². The van der Waals surface area contributed by atoms with Gasteiger partial charge in [-0.05, 0) is 36.4 Å². The van der Waals surface area contributed by atoms with Crippen LogP contribution in [-0.4, -0.2) is 39.2 Å². The van der Waals surface area contributed by atoms with Gasteiger partial charge in [0.2, 0.25) is 5.76 Å². The Labute approximate surface area is 200 Å². The Morgan fingerprint density at radius 1 is 0.829 bits per heavy atom. The number of amides is 2. The molecule has 2 amide bonds. The van der Waals surface area contributed by atoms with Gasteiger partial charge in [-0.2, -0.15) is 0 Å². The number of rotatable bonds is 6. The molecule has 35 heavy (non-hydrogen) atoms. The number of furan rings is 1. The Morgan fingerprint density at radius 3 is 2.43 bits per heavy atom. The van der Waals surface area contributed by atoms with Crippen LogP contribution in [0.25, 0.3) is 11.0 Å². The molecule has 1 aromatic heterocycles. The summed E-state index contributed by atoms with van der Waals surface area (Å²) < 4.78 is 27.6. The summed E-state index contributed by atoms with van der Waals surface area (Å²) in [7, 11) is 2.94. The van der Waals surface area contributed by atoms with Gasteiger partial charge in [-0.25, -0.2) is 0 Å². The molecule has 0 radical (unpaired) electrons. The van der Waals surface area contributed by atoms with Gasteiger partial charge >= 0.3 is 0 Å². The van der Waals surface area contributed by atoms with Crippen molar-refractivity contribution in [3.63, 3.8) is 0 Å². The molecule has 5 rings (SSSR count). The van der Waals surface area contributed by atoms with E-state index in [9.17, 15) is 9.59 Å². The first kappa shape index (κ1) is 22.1. The maximum absolute atomic E-state index is 13.2. The zero-order valence-electron chi connectivity index (χ0n) is 19.0. The quantitative estimate of drug-likeness (QED) is 0.416. The molecule has 0 aliphatic carbocycles. The van der Waals surface area contributed by atoms with E-state index in [1.807, 2.05) is 0 Å². The zero-order valence-corrected chi connectivity index (χ0v) is 19.0. The highest BCUT2D eigenvalue weighted by Gasteiger charge is 2.25. The minimum Gasteiger partial charge on any atom is -0.493 e. The first-order valence-electron chi connectivity index (χ1n) is 10.8. The minimum atomic E-state index is -0.536. The Bertz CT molecular complexity index is 1430. The normalized spacial score (nSPS) is 12.2. The summed E-state index contributed by atoms with van der Waals surface area (Å²) in [6, 6.07) is 17.1. The van der Waals surface area contributed by atoms with E-state index in [1.54, 1.807) is 60.7 Å². The maximum atomic E-state index is 13.2. The summed E-state index contributed by atoms with van der Waals surface area (Å²) >= 11 is 0. The Morgan fingerprint density at radius 2 is 1.63 bits per heavy atom. The maximum Gasteiger partial charge on any atom is 0.293 e. The average Bonchev–Trinajstić information content (AvgIpc) is 3.26. The molecule has 0 unspecified atom stereocenters. The lowest BCUT2D eigenvalue weighted by molar-refractivity contribution is 0.0999. The smallest absolute Gasteiger partial charge is 0.293 e. The molecule has 0 spiro atoms. The topological polar surface area (TPSA) is 108 Å². The molecule has 9 heteroatoms. The van der Waals surface area contributed by atoms with Crippen molar-refractivity contribution in [2.24, 2.45) is 0 Å². The number of benzene rings is 3. The molecule has 178 valence electrons. The second kappa shape index (κ2) is 9.30. The highest BCUT2D eigenvalue weighted by molar-refractivity contribution is 6.17. The fourth-order valence-electron chi connectivity index (χ4n) is 3.89. The standard InChI is InChI=1S/C26H22N2O7/c1-31-20-9-5-7-17(23(20)32-2)25(29)28-22-16-6-3-4-8-18(16)35-24(22)26(30)27-15-10-11-19-21(14-15)34-13-12-33-19/h3-11,14H,12-13H2,1-2H3,(H,27,30)(H,28,29). The van der Waals surface area contributed by atoms with Crippen molar-refractivity contribution in [1.29, 1.82) is 0 Å². The van der Waals surface area contributed by atoms with Gasteiger partial charge in [0, 0.05) is 17.1 Å². The summed E-state index contributed by atoms with van der Waals surface area (Å²) in [6.07, 6.45) is 0. The SMILES string of the molecule is COc1cccc(C(=O)Nc2c(C(=O)Nc3ccc4c(c3)OCCO4)oc3ccccc23)c1OC. The van der Waals surface area contributed by atoms with Gasteiger partial charge in [-0.15, -0.1) is 0 Å². The van der Waals surface area contributed by atoms with E-state index in [-0.39, 0.29) is 22.8 Å². The lowest BCUT2D eigenvalue weighted by Gasteiger charge is -2.19. The van der Waals surface area contributed by atoms with Crippen molar-refractivity contribution >= 4 is 34.2 Å². The lowest BCUT2D eigenvalue weighted by atomic mass is 10.1. The van der Waals surface area contributed by atoms with E-state index in [0.717, 1.165) is 0 Å². The molecule has 1 aliphatic heterocycles. The predicted octanol–water partition coefficient (Wildman–Crippen LogP) is 4.73. The number of hydrogen-bond donors (Lipinski definition) is 2. The number of para-hydroxylation sites is 2. The molecule has 0 fully saturated rings. The first-order valence-corrected chi connectivity index (χ1v) is 10.8. The molecule has 9 nitrogen and oxygen atoms in total. The van der Waals surface area contributed by atoms with E-state index in [1.165, 1.54) is 14.2 Å². The third kappa shape index (κ3) is 4.19. The number of anilines is 2. The van der Waals surface area contributed by atoms with Gasteiger partial charge in [0.15, 0.2) is 23.0 Å². The van der Waals surface area contributed by atoms with Crippen LogP contribution in [0.5, 0.6) is 23.0 Å². The Balaban J connectivity index is 1.48. The van der Waals surface area contributed by atoms with E-state index >= 15 is 0 Å². The van der Waals surface area contributed by atoms with Crippen LogP contribution in [0.4, 0.5) is 11.4 Å². The lowest BCUT2D eigenvalue weighted by Crippen LogP contribution is -2.18. The van der Waals surface area contributed by atoms with Crippen molar-refractivity contribution in [1.82, 2.24) is 0 Å². The fourth-order valence-corrected chi connectivity index (χ4v) is 3.89. The molecule has 2 N–H and O–H groups in total. The molecular weight excluding hydrogens is 452 g/mol. The van der Waals surface area contributed by atoms with Gasteiger partial charge in [0.05, 0.1) is 19.8 Å². The van der Waals surface area contributed by atoms with Gasteiger partial charge in [-0.3, -0.25) is 9.59 Å². The van der Waals surface area contributed by atoms with Crippen molar-refractivity contribution in [3.8, 4) is 23.0 Å². The first-order chi connectivity index (χ1) is 17.1. The van der Waals surface area contributed by atoms with Crippen LogP contribution in [0, 0.1) is 0 Å². The van der Waals surface area contributed by atoms with Crippen LogP contribution in [0.2, 0.25) is 0 Å². The molecule has 4 aromatic rings. The van der Waals surface area contributed by atoms with Crippen molar-refractivity contribution in [2.75, 3.05) is 38.1 Å². The molecule has 1 aliphatic rings. The van der Waals surface area contributed by atoms with Gasteiger partial charge in [0.1, 0.15) is 24.5 Å². The largest absolute Gasteiger partial charge is 0.493 e. The number of carbonyl (C=O) groups is 2. The zero-order chi connectivity index (χ0) is 24.4. The number of fused-ring (bicyclic) bond motifs is 2. The molecule has 0 bridgehead atoms. The number of ether oxygens (including phenoxy) is 4. The summed E-state index contributed by atoms with van der Waals surface area (Å²) in [4.78, 5) is 26.5. The van der Waals surface area contributed by atoms with Gasteiger partial charge < -0.3 is 34.0 Å². The summed E-state index contributed by atoms with van der Waals surface area (Å²) in [5.41, 5.74) is 1.43. The number of methoxy groups -OCH3 is 2. The Kier molecular flexibility index (Phi) is 5.88.